The summed E-state index contributed by atoms with van der Waals surface area (Å²) in [6.45, 7) is 0.481. The first kappa shape index (κ1) is 15.3. The lowest BCUT2D eigenvalue weighted by Gasteiger charge is -2.31. The van der Waals surface area contributed by atoms with E-state index in [1.807, 2.05) is 0 Å². The number of hydrogen-bond acceptors (Lipinski definition) is 3. The summed E-state index contributed by atoms with van der Waals surface area (Å²) in [5, 5.41) is 3.02. The zero-order chi connectivity index (χ0) is 14.8. The first-order valence-corrected chi connectivity index (χ1v) is 7.70. The average Bonchev–Trinajstić information content (AvgIpc) is 3.04. The molecule has 3 N–H and O–H groups in total. The topological polar surface area (TPSA) is 75.4 Å². The molecular weight excluding hydrogens is 254 g/mol. The molecule has 0 aromatic heterocycles. The van der Waals surface area contributed by atoms with E-state index in [2.05, 4.69) is 5.32 Å². The number of nitrogens with two attached hydrogens (primary N) is 1. The van der Waals surface area contributed by atoms with Crippen molar-refractivity contribution in [1.82, 2.24) is 10.2 Å². The molecule has 5 heteroatoms. The fourth-order valence-electron chi connectivity index (χ4n) is 3.65. The van der Waals surface area contributed by atoms with Crippen molar-refractivity contribution in [3.63, 3.8) is 0 Å². The van der Waals surface area contributed by atoms with Crippen LogP contribution in [0.3, 0.4) is 0 Å². The SMILES string of the molecule is CN(C)C(=O)C1(CNC(=O)C2CCC(N)C2)CCCC1. The predicted molar refractivity (Wildman–Crippen MR) is 77.9 cm³/mol. The molecule has 20 heavy (non-hydrogen) atoms. The largest absolute Gasteiger partial charge is 0.355 e. The monoisotopic (exact) mass is 281 g/mol. The summed E-state index contributed by atoms with van der Waals surface area (Å²) in [7, 11) is 3.58. The molecule has 2 saturated carbocycles. The van der Waals surface area contributed by atoms with Crippen LogP contribution in [0.2, 0.25) is 0 Å². The molecule has 2 aliphatic carbocycles. The summed E-state index contributed by atoms with van der Waals surface area (Å²) >= 11 is 0. The van der Waals surface area contributed by atoms with Gasteiger partial charge in [0.05, 0.1) is 5.41 Å². The smallest absolute Gasteiger partial charge is 0.230 e. The van der Waals surface area contributed by atoms with Gasteiger partial charge in [-0.1, -0.05) is 12.8 Å². The molecule has 0 aromatic rings. The van der Waals surface area contributed by atoms with Gasteiger partial charge in [-0.25, -0.2) is 0 Å². The molecule has 2 amide bonds. The van der Waals surface area contributed by atoms with E-state index < -0.39 is 0 Å². The lowest BCUT2D eigenvalue weighted by Crippen LogP contribution is -2.47. The quantitative estimate of drug-likeness (QED) is 0.803. The second-order valence-corrected chi connectivity index (χ2v) is 6.67. The van der Waals surface area contributed by atoms with Gasteiger partial charge in [0.1, 0.15) is 0 Å². The van der Waals surface area contributed by atoms with Crippen LogP contribution in [0.5, 0.6) is 0 Å². The summed E-state index contributed by atoms with van der Waals surface area (Å²) in [6.07, 6.45) is 6.50. The van der Waals surface area contributed by atoms with Crippen molar-refractivity contribution in [2.24, 2.45) is 17.1 Å². The molecule has 2 atom stereocenters. The number of amides is 2. The molecule has 0 aromatic carbocycles. The standard InChI is InChI=1S/C15H27N3O2/c1-18(2)14(20)15(7-3-4-8-15)10-17-13(19)11-5-6-12(16)9-11/h11-12H,3-10,16H2,1-2H3,(H,17,19). The van der Waals surface area contributed by atoms with Crippen LogP contribution in [0, 0.1) is 11.3 Å². The third kappa shape index (κ3) is 3.14. The van der Waals surface area contributed by atoms with Gasteiger partial charge in [-0.15, -0.1) is 0 Å². The Hall–Kier alpha value is -1.10. The van der Waals surface area contributed by atoms with Crippen LogP contribution >= 0.6 is 0 Å². The van der Waals surface area contributed by atoms with Crippen molar-refractivity contribution < 1.29 is 9.59 Å². The summed E-state index contributed by atoms with van der Waals surface area (Å²) in [5.41, 5.74) is 5.48. The second kappa shape index (κ2) is 6.12. The van der Waals surface area contributed by atoms with Crippen LogP contribution in [0.15, 0.2) is 0 Å². The van der Waals surface area contributed by atoms with E-state index in [9.17, 15) is 9.59 Å². The third-order valence-corrected chi connectivity index (χ3v) is 4.87. The Labute approximate surface area is 121 Å². The Morgan fingerprint density at radius 2 is 1.90 bits per heavy atom. The van der Waals surface area contributed by atoms with Crippen molar-refractivity contribution in [3.05, 3.63) is 0 Å². The fourth-order valence-corrected chi connectivity index (χ4v) is 3.65. The second-order valence-electron chi connectivity index (χ2n) is 6.67. The summed E-state index contributed by atoms with van der Waals surface area (Å²) in [4.78, 5) is 26.3. The number of nitrogens with one attached hydrogen (secondary N) is 1. The van der Waals surface area contributed by atoms with Crippen LogP contribution < -0.4 is 11.1 Å². The number of carbonyl (C=O) groups is 2. The van der Waals surface area contributed by atoms with E-state index in [0.717, 1.165) is 44.9 Å². The maximum absolute atomic E-state index is 12.4. The number of hydrogen-bond donors (Lipinski definition) is 2. The van der Waals surface area contributed by atoms with Crippen molar-refractivity contribution in [2.45, 2.75) is 51.0 Å². The van der Waals surface area contributed by atoms with Gasteiger partial charge >= 0.3 is 0 Å². The Balaban J connectivity index is 1.93. The zero-order valence-electron chi connectivity index (χ0n) is 12.7. The molecule has 2 aliphatic rings. The van der Waals surface area contributed by atoms with Crippen LogP contribution in [-0.2, 0) is 9.59 Å². The Bertz CT molecular complexity index is 375. The van der Waals surface area contributed by atoms with Crippen molar-refractivity contribution in [2.75, 3.05) is 20.6 Å². The number of nitrogens with zero attached hydrogens (tertiary/aromatic N) is 1. The first-order chi connectivity index (χ1) is 9.44. The summed E-state index contributed by atoms with van der Waals surface area (Å²) in [5.74, 6) is 0.270. The fraction of sp³-hybridized carbons (Fsp3) is 0.867. The molecule has 0 heterocycles. The van der Waals surface area contributed by atoms with E-state index in [1.165, 1.54) is 0 Å². The lowest BCUT2D eigenvalue weighted by atomic mass is 9.84. The van der Waals surface area contributed by atoms with Crippen LogP contribution in [-0.4, -0.2) is 43.4 Å². The Morgan fingerprint density at radius 3 is 2.40 bits per heavy atom. The maximum atomic E-state index is 12.4. The minimum Gasteiger partial charge on any atom is -0.355 e. The minimum absolute atomic E-state index is 0.0397. The van der Waals surface area contributed by atoms with Crippen molar-refractivity contribution in [3.8, 4) is 0 Å². The zero-order valence-corrected chi connectivity index (χ0v) is 12.7. The van der Waals surface area contributed by atoms with E-state index in [-0.39, 0.29) is 29.2 Å². The van der Waals surface area contributed by atoms with Gasteiger partial charge in [-0.2, -0.15) is 0 Å². The van der Waals surface area contributed by atoms with Crippen molar-refractivity contribution in [1.29, 1.82) is 0 Å². The van der Waals surface area contributed by atoms with E-state index in [1.54, 1.807) is 19.0 Å². The van der Waals surface area contributed by atoms with Gasteiger partial charge in [0.15, 0.2) is 0 Å². The molecule has 0 saturated heterocycles. The molecule has 2 rings (SSSR count). The highest BCUT2D eigenvalue weighted by molar-refractivity contribution is 5.84. The van der Waals surface area contributed by atoms with Gasteiger partial charge < -0.3 is 16.0 Å². The summed E-state index contributed by atoms with van der Waals surface area (Å²) in [6, 6.07) is 0.162. The molecule has 2 fully saturated rings. The molecule has 0 spiro atoms. The molecule has 0 bridgehead atoms. The Kier molecular flexibility index (Phi) is 4.68. The Morgan fingerprint density at radius 1 is 1.25 bits per heavy atom. The molecule has 0 aliphatic heterocycles. The highest BCUT2D eigenvalue weighted by Crippen LogP contribution is 2.39. The average molecular weight is 281 g/mol. The van der Waals surface area contributed by atoms with Gasteiger partial charge in [0, 0.05) is 32.6 Å². The van der Waals surface area contributed by atoms with Crippen LogP contribution in [0.25, 0.3) is 0 Å². The highest BCUT2D eigenvalue weighted by Gasteiger charge is 2.42. The summed E-state index contributed by atoms with van der Waals surface area (Å²) < 4.78 is 0. The number of rotatable bonds is 4. The van der Waals surface area contributed by atoms with Gasteiger partial charge in [0.25, 0.3) is 0 Å². The molecule has 5 nitrogen and oxygen atoms in total. The van der Waals surface area contributed by atoms with E-state index >= 15 is 0 Å². The number of carbonyl (C=O) groups excluding carboxylic acids is 2. The van der Waals surface area contributed by atoms with Crippen LogP contribution in [0.1, 0.15) is 44.9 Å². The van der Waals surface area contributed by atoms with E-state index in [0.29, 0.717) is 6.54 Å². The van der Waals surface area contributed by atoms with Crippen molar-refractivity contribution >= 4 is 11.8 Å². The molecule has 2 unspecified atom stereocenters. The minimum atomic E-state index is -0.375. The van der Waals surface area contributed by atoms with E-state index in [4.69, 9.17) is 5.73 Å². The van der Waals surface area contributed by atoms with Gasteiger partial charge in [0.2, 0.25) is 11.8 Å². The van der Waals surface area contributed by atoms with Crippen LogP contribution in [0.4, 0.5) is 0 Å². The third-order valence-electron chi connectivity index (χ3n) is 4.87. The normalized spacial score (nSPS) is 28.4. The maximum Gasteiger partial charge on any atom is 0.230 e. The predicted octanol–water partition coefficient (Wildman–Crippen LogP) is 0.879. The molecule has 0 radical (unpaired) electrons. The first-order valence-electron chi connectivity index (χ1n) is 7.70. The lowest BCUT2D eigenvalue weighted by molar-refractivity contribution is -0.139. The highest BCUT2D eigenvalue weighted by atomic mass is 16.2. The van der Waals surface area contributed by atoms with Gasteiger partial charge in [-0.05, 0) is 32.1 Å². The van der Waals surface area contributed by atoms with Gasteiger partial charge in [-0.3, -0.25) is 9.59 Å². The molecular formula is C15H27N3O2. The molecule has 114 valence electrons.